The first kappa shape index (κ1) is 28.7. The number of nitrogens with two attached hydrogens (primary N) is 1. The van der Waals surface area contributed by atoms with Crippen molar-refractivity contribution in [1.82, 2.24) is 20.0 Å². The molecule has 11 heteroatoms. The molecule has 41 heavy (non-hydrogen) atoms. The molecule has 3 amide bonds. The zero-order valence-electron chi connectivity index (χ0n) is 22.7. The first-order chi connectivity index (χ1) is 19.7. The van der Waals surface area contributed by atoms with Crippen LogP contribution < -0.4 is 11.1 Å². The number of ketones is 1. The van der Waals surface area contributed by atoms with Gasteiger partial charge in [-0.1, -0.05) is 49.1 Å². The number of Topliss-reactive ketones (excluding diaryl/α,β-unsaturated/α-hetero) is 1. The number of carbonyl (C=O) groups excluding carboxylic acids is 4. The summed E-state index contributed by atoms with van der Waals surface area (Å²) < 4.78 is 15.6. The summed E-state index contributed by atoms with van der Waals surface area (Å²) in [7, 11) is 0. The lowest BCUT2D eigenvalue weighted by molar-refractivity contribution is -0.137. The summed E-state index contributed by atoms with van der Waals surface area (Å²) in [6.07, 6.45) is 6.96. The Morgan fingerprint density at radius 3 is 2.54 bits per heavy atom. The Kier molecular flexibility index (Phi) is 8.68. The van der Waals surface area contributed by atoms with E-state index in [1.54, 1.807) is 18.2 Å². The third-order valence-corrected chi connectivity index (χ3v) is 8.19. The molecule has 2 fully saturated rings. The van der Waals surface area contributed by atoms with Crippen LogP contribution >= 0.6 is 11.6 Å². The Hall–Kier alpha value is -3.79. The Morgan fingerprint density at radius 1 is 1.07 bits per heavy atom. The summed E-state index contributed by atoms with van der Waals surface area (Å²) in [5.74, 6) is -1.83. The molecular weight excluding hydrogens is 549 g/mol. The number of amides is 3. The van der Waals surface area contributed by atoms with Gasteiger partial charge in [-0.25, -0.2) is 4.39 Å². The zero-order valence-corrected chi connectivity index (χ0v) is 23.5. The summed E-state index contributed by atoms with van der Waals surface area (Å²) >= 11 is 5.81. The lowest BCUT2D eigenvalue weighted by Gasteiger charge is -2.22. The van der Waals surface area contributed by atoms with Gasteiger partial charge in [0.25, 0.3) is 5.91 Å². The van der Waals surface area contributed by atoms with Gasteiger partial charge in [-0.2, -0.15) is 5.10 Å². The van der Waals surface area contributed by atoms with Gasteiger partial charge in [0.05, 0.1) is 17.1 Å². The van der Waals surface area contributed by atoms with Crippen molar-refractivity contribution in [2.75, 3.05) is 6.54 Å². The molecule has 3 aromatic rings. The van der Waals surface area contributed by atoms with Crippen LogP contribution in [-0.2, 0) is 33.9 Å². The fourth-order valence-corrected chi connectivity index (χ4v) is 5.72. The van der Waals surface area contributed by atoms with E-state index in [2.05, 4.69) is 10.4 Å². The van der Waals surface area contributed by atoms with Crippen molar-refractivity contribution in [3.05, 3.63) is 64.1 Å². The predicted molar refractivity (Wildman–Crippen MR) is 152 cm³/mol. The second-order valence-electron chi connectivity index (χ2n) is 10.9. The van der Waals surface area contributed by atoms with Crippen molar-refractivity contribution in [2.24, 2.45) is 11.7 Å². The second-order valence-corrected chi connectivity index (χ2v) is 11.3. The van der Waals surface area contributed by atoms with Gasteiger partial charge >= 0.3 is 0 Å². The summed E-state index contributed by atoms with van der Waals surface area (Å²) in [6.45, 7) is -0.451. The standard InChI is InChI=1S/C30H33ClFN5O4/c31-23-8-4-7-20(28(23)32)15-34-26(39)16-36(21-10-11-21)27(40)17-37-24-12-9-18(13-22(24)29(35-37)30(33)41)14-25(38)19-5-2-1-3-6-19/h4,7-9,12-13,19,21H,1-3,5-6,10-11,14-17H2,(H2,33,41)(H,34,39). The topological polar surface area (TPSA) is 127 Å². The molecule has 0 bridgehead atoms. The number of hydrogen-bond acceptors (Lipinski definition) is 5. The first-order valence-electron chi connectivity index (χ1n) is 14.0. The van der Waals surface area contributed by atoms with Gasteiger partial charge in [0.1, 0.15) is 18.1 Å². The molecule has 1 aromatic heterocycles. The van der Waals surface area contributed by atoms with Crippen molar-refractivity contribution in [2.45, 2.75) is 70.5 Å². The SMILES string of the molecule is NC(=O)c1nn(CC(=O)N(CC(=O)NCc2cccc(Cl)c2F)C2CC2)c2ccc(CC(=O)C3CCCCC3)cc12. The van der Waals surface area contributed by atoms with E-state index in [1.807, 2.05) is 6.07 Å². The zero-order chi connectivity index (χ0) is 29.1. The fraction of sp³-hybridized carbons (Fsp3) is 0.433. The number of rotatable bonds is 11. The Morgan fingerprint density at radius 2 is 1.83 bits per heavy atom. The van der Waals surface area contributed by atoms with Crippen LogP contribution in [0.1, 0.15) is 66.6 Å². The van der Waals surface area contributed by atoms with Crippen molar-refractivity contribution in [3.63, 3.8) is 0 Å². The average Bonchev–Trinajstić information content (AvgIpc) is 3.74. The minimum atomic E-state index is -0.733. The number of nitrogens with zero attached hydrogens (tertiary/aromatic N) is 3. The molecule has 5 rings (SSSR count). The lowest BCUT2D eigenvalue weighted by Crippen LogP contribution is -2.43. The molecule has 2 aliphatic carbocycles. The molecule has 2 saturated carbocycles. The van der Waals surface area contributed by atoms with Crippen LogP contribution in [0.5, 0.6) is 0 Å². The number of nitrogens with one attached hydrogen (secondary N) is 1. The van der Waals surface area contributed by atoms with E-state index in [4.69, 9.17) is 17.3 Å². The van der Waals surface area contributed by atoms with Crippen molar-refractivity contribution in [3.8, 4) is 0 Å². The van der Waals surface area contributed by atoms with Gasteiger partial charge in [0.15, 0.2) is 5.69 Å². The molecule has 0 radical (unpaired) electrons. The number of hydrogen-bond donors (Lipinski definition) is 2. The molecule has 0 unspecified atom stereocenters. The van der Waals surface area contributed by atoms with Crippen LogP contribution in [0.4, 0.5) is 4.39 Å². The van der Waals surface area contributed by atoms with Gasteiger partial charge in [0, 0.05) is 35.9 Å². The van der Waals surface area contributed by atoms with Gasteiger partial charge in [-0.3, -0.25) is 23.9 Å². The minimum absolute atomic E-state index is 0.0269. The van der Waals surface area contributed by atoms with Gasteiger partial charge in [-0.05, 0) is 49.4 Å². The number of fused-ring (bicyclic) bond motifs is 1. The van der Waals surface area contributed by atoms with Crippen LogP contribution in [0.25, 0.3) is 10.9 Å². The van der Waals surface area contributed by atoms with E-state index >= 15 is 0 Å². The molecule has 0 spiro atoms. The smallest absolute Gasteiger partial charge is 0.269 e. The highest BCUT2D eigenvalue weighted by molar-refractivity contribution is 6.30. The number of halogens is 2. The summed E-state index contributed by atoms with van der Waals surface area (Å²) in [5.41, 5.74) is 7.20. The summed E-state index contributed by atoms with van der Waals surface area (Å²) in [5, 5.41) is 7.43. The predicted octanol–water partition coefficient (Wildman–Crippen LogP) is 3.93. The molecule has 216 valence electrons. The van der Waals surface area contributed by atoms with Crippen LogP contribution in [0.3, 0.4) is 0 Å². The van der Waals surface area contributed by atoms with E-state index in [0.717, 1.165) is 44.1 Å². The van der Waals surface area contributed by atoms with Crippen LogP contribution in [0.15, 0.2) is 36.4 Å². The maximum absolute atomic E-state index is 14.2. The molecule has 0 aliphatic heterocycles. The largest absolute Gasteiger partial charge is 0.364 e. The number of benzene rings is 2. The first-order valence-corrected chi connectivity index (χ1v) is 14.4. The Balaban J connectivity index is 1.28. The van der Waals surface area contributed by atoms with E-state index in [0.29, 0.717) is 10.9 Å². The molecule has 2 aliphatic rings. The molecule has 0 saturated heterocycles. The number of aromatic nitrogens is 2. The highest BCUT2D eigenvalue weighted by Gasteiger charge is 2.34. The van der Waals surface area contributed by atoms with Gasteiger partial charge < -0.3 is 16.0 Å². The Labute approximate surface area is 242 Å². The average molecular weight is 582 g/mol. The second kappa shape index (κ2) is 12.4. The highest BCUT2D eigenvalue weighted by Crippen LogP contribution is 2.29. The maximum atomic E-state index is 14.2. The highest BCUT2D eigenvalue weighted by atomic mass is 35.5. The van der Waals surface area contributed by atoms with Crippen LogP contribution in [-0.4, -0.2) is 50.8 Å². The van der Waals surface area contributed by atoms with Crippen molar-refractivity contribution >= 4 is 46.0 Å². The maximum Gasteiger partial charge on any atom is 0.269 e. The van der Waals surface area contributed by atoms with E-state index < -0.39 is 17.6 Å². The summed E-state index contributed by atoms with van der Waals surface area (Å²) in [6, 6.07) is 9.80. The molecule has 3 N–H and O–H groups in total. The van der Waals surface area contributed by atoms with Crippen molar-refractivity contribution < 1.29 is 23.6 Å². The monoisotopic (exact) mass is 581 g/mol. The van der Waals surface area contributed by atoms with E-state index in [-0.39, 0.29) is 66.0 Å². The van der Waals surface area contributed by atoms with Crippen molar-refractivity contribution in [1.29, 1.82) is 0 Å². The fourth-order valence-electron chi connectivity index (χ4n) is 5.52. The third kappa shape index (κ3) is 6.75. The number of carbonyl (C=O) groups is 4. The minimum Gasteiger partial charge on any atom is -0.364 e. The number of primary amides is 1. The van der Waals surface area contributed by atoms with Crippen LogP contribution in [0.2, 0.25) is 5.02 Å². The van der Waals surface area contributed by atoms with E-state index in [9.17, 15) is 23.6 Å². The quantitative estimate of drug-likeness (QED) is 0.355. The molecule has 1 heterocycles. The molecular formula is C30H33ClFN5O4. The third-order valence-electron chi connectivity index (χ3n) is 7.90. The molecule has 2 aromatic carbocycles. The van der Waals surface area contributed by atoms with E-state index in [1.165, 1.54) is 28.1 Å². The van der Waals surface area contributed by atoms with Gasteiger partial charge in [0.2, 0.25) is 11.8 Å². The van der Waals surface area contributed by atoms with Gasteiger partial charge in [-0.15, -0.1) is 0 Å². The molecule has 0 atom stereocenters. The lowest BCUT2D eigenvalue weighted by atomic mass is 9.84. The summed E-state index contributed by atoms with van der Waals surface area (Å²) in [4.78, 5) is 52.6. The Bertz CT molecular complexity index is 1500. The molecule has 9 nitrogen and oxygen atoms in total. The van der Waals surface area contributed by atoms with Crippen LogP contribution in [0, 0.1) is 11.7 Å². The normalized spacial score (nSPS) is 15.6.